The number of methoxy groups -OCH3 is 3. The fourth-order valence-electron chi connectivity index (χ4n) is 6.86. The normalized spacial score (nSPS) is 18.1. The van der Waals surface area contributed by atoms with Crippen molar-refractivity contribution < 1.29 is 28.6 Å². The summed E-state index contributed by atoms with van der Waals surface area (Å²) in [5, 5.41) is 18.9. The number of urea groups is 1. The lowest BCUT2D eigenvalue weighted by atomic mass is 9.68. The molecule has 0 bridgehead atoms. The van der Waals surface area contributed by atoms with Gasteiger partial charge in [-0.25, -0.2) is 4.79 Å². The van der Waals surface area contributed by atoms with Gasteiger partial charge in [-0.2, -0.15) is 0 Å². The summed E-state index contributed by atoms with van der Waals surface area (Å²) in [5.41, 5.74) is 5.30. The first-order valence-corrected chi connectivity index (χ1v) is 14.5. The second-order valence-corrected chi connectivity index (χ2v) is 11.5. The maximum absolute atomic E-state index is 13.3. The van der Waals surface area contributed by atoms with E-state index in [2.05, 4.69) is 26.4 Å². The number of benzene rings is 2. The van der Waals surface area contributed by atoms with Gasteiger partial charge in [-0.3, -0.25) is 4.90 Å². The second kappa shape index (κ2) is 11.5. The molecule has 1 saturated heterocycles. The number of carbonyl (C=O) groups excluding carboxylic acids is 1. The largest absolute Gasteiger partial charge is 0.497 e. The van der Waals surface area contributed by atoms with Gasteiger partial charge in [-0.05, 0) is 62.1 Å². The first-order valence-electron chi connectivity index (χ1n) is 14.5. The van der Waals surface area contributed by atoms with Crippen molar-refractivity contribution in [2.45, 2.75) is 44.7 Å². The Morgan fingerprint density at radius 3 is 2.37 bits per heavy atom. The summed E-state index contributed by atoms with van der Waals surface area (Å²) in [6, 6.07) is 11.6. The lowest BCUT2D eigenvalue weighted by Gasteiger charge is -2.50. The molecule has 0 unspecified atom stereocenters. The van der Waals surface area contributed by atoms with Crippen molar-refractivity contribution in [2.24, 2.45) is 0 Å². The van der Waals surface area contributed by atoms with Crippen LogP contribution in [0.3, 0.4) is 0 Å². The third-order valence-electron chi connectivity index (χ3n) is 9.09. The quantitative estimate of drug-likeness (QED) is 0.278. The fourth-order valence-corrected chi connectivity index (χ4v) is 6.86. The molecule has 1 atom stereocenters. The number of H-pyrrole nitrogens is 1. The SMILES string of the molecule is COc1cc(CN2CC3(CCN(C(=O)Nc4c(C)noc4C)CC3)c3c([nH]c4cc(OC)ccc34)[C@@H]2CO)cc(OC)c1. The molecule has 4 heterocycles. The van der Waals surface area contributed by atoms with Gasteiger partial charge >= 0.3 is 6.03 Å². The number of hydrogen-bond acceptors (Lipinski definition) is 8. The third-order valence-corrected chi connectivity index (χ3v) is 9.09. The number of anilines is 1. The molecular weight excluding hydrogens is 550 g/mol. The molecule has 4 aromatic rings. The number of ether oxygens (including phenoxy) is 3. The van der Waals surface area contributed by atoms with Crippen LogP contribution in [0, 0.1) is 13.8 Å². The van der Waals surface area contributed by atoms with Crippen LogP contribution in [0.4, 0.5) is 10.5 Å². The Balaban J connectivity index is 1.35. The average Bonchev–Trinajstić information content (AvgIpc) is 3.56. The fraction of sp³-hybridized carbons (Fsp3) is 0.438. The van der Waals surface area contributed by atoms with E-state index in [1.807, 2.05) is 42.2 Å². The summed E-state index contributed by atoms with van der Waals surface area (Å²) in [7, 11) is 4.95. The Labute approximate surface area is 250 Å². The highest BCUT2D eigenvalue weighted by Crippen LogP contribution is 2.49. The third kappa shape index (κ3) is 5.16. The van der Waals surface area contributed by atoms with E-state index in [9.17, 15) is 9.90 Å². The van der Waals surface area contributed by atoms with E-state index < -0.39 is 0 Å². The topological polar surface area (TPSA) is 125 Å². The van der Waals surface area contributed by atoms with Crippen molar-refractivity contribution >= 4 is 22.6 Å². The minimum absolute atomic E-state index is 0.0416. The van der Waals surface area contributed by atoms with Crippen LogP contribution >= 0.6 is 0 Å². The van der Waals surface area contributed by atoms with Crippen molar-refractivity contribution in [2.75, 3.05) is 52.9 Å². The Kier molecular flexibility index (Phi) is 7.70. The number of aliphatic hydroxyl groups is 1. The number of carbonyl (C=O) groups is 1. The van der Waals surface area contributed by atoms with Gasteiger partial charge in [0.15, 0.2) is 5.76 Å². The molecule has 6 rings (SSSR count). The van der Waals surface area contributed by atoms with Gasteiger partial charge in [0.25, 0.3) is 0 Å². The highest BCUT2D eigenvalue weighted by atomic mass is 16.5. The summed E-state index contributed by atoms with van der Waals surface area (Å²) in [4.78, 5) is 21.2. The van der Waals surface area contributed by atoms with Crippen molar-refractivity contribution in [3.63, 3.8) is 0 Å². The van der Waals surface area contributed by atoms with Crippen LogP contribution in [0.25, 0.3) is 10.9 Å². The summed E-state index contributed by atoms with van der Waals surface area (Å²) in [6.07, 6.45) is 1.54. The smallest absolute Gasteiger partial charge is 0.321 e. The Hall–Kier alpha value is -4.22. The second-order valence-electron chi connectivity index (χ2n) is 11.5. The maximum atomic E-state index is 13.3. The number of aromatic nitrogens is 2. The number of nitrogens with one attached hydrogen (secondary N) is 2. The predicted molar refractivity (Wildman–Crippen MR) is 162 cm³/mol. The molecule has 11 heteroatoms. The van der Waals surface area contributed by atoms with E-state index in [1.165, 1.54) is 5.56 Å². The zero-order valence-electron chi connectivity index (χ0n) is 25.3. The summed E-state index contributed by atoms with van der Waals surface area (Å²) in [5.74, 6) is 2.80. The zero-order chi connectivity index (χ0) is 30.3. The number of hydrogen-bond donors (Lipinski definition) is 3. The summed E-state index contributed by atoms with van der Waals surface area (Å²) in [6.45, 7) is 6.06. The first-order chi connectivity index (χ1) is 20.8. The van der Waals surface area contributed by atoms with Crippen LogP contribution in [0.15, 0.2) is 40.9 Å². The standard InChI is InChI=1S/C32H39N5O6/c1-19-29(20(2)43-35-19)34-31(39)36-10-8-32(9-11-36)18-37(16-21-12-23(41-4)14-24(13-21)42-5)27(17-38)30-28(32)25-7-6-22(40-3)15-26(25)33-30/h6-7,12-15,27,33,38H,8-11,16-18H2,1-5H3,(H,34,39)/t27-/m0/s1. The molecule has 3 N–H and O–H groups in total. The van der Waals surface area contributed by atoms with E-state index in [0.29, 0.717) is 36.8 Å². The van der Waals surface area contributed by atoms with Crippen LogP contribution in [0.1, 0.15) is 47.2 Å². The molecule has 1 spiro atoms. The molecule has 228 valence electrons. The van der Waals surface area contributed by atoms with Crippen molar-refractivity contribution in [3.8, 4) is 17.2 Å². The molecule has 43 heavy (non-hydrogen) atoms. The van der Waals surface area contributed by atoms with Crippen LogP contribution in [-0.2, 0) is 12.0 Å². The average molecular weight is 590 g/mol. The molecular formula is C32H39N5O6. The lowest BCUT2D eigenvalue weighted by Crippen LogP contribution is -2.54. The van der Waals surface area contributed by atoms with Crippen LogP contribution in [-0.4, -0.2) is 78.6 Å². The highest BCUT2D eigenvalue weighted by Gasteiger charge is 2.48. The minimum Gasteiger partial charge on any atom is -0.497 e. The van der Waals surface area contributed by atoms with Crippen LogP contribution in [0.2, 0.25) is 0 Å². The van der Waals surface area contributed by atoms with E-state index in [4.69, 9.17) is 18.7 Å². The molecule has 11 nitrogen and oxygen atoms in total. The van der Waals surface area contributed by atoms with E-state index in [0.717, 1.165) is 58.8 Å². The molecule has 2 aliphatic rings. The van der Waals surface area contributed by atoms with Gasteiger partial charge < -0.3 is 39.0 Å². The van der Waals surface area contributed by atoms with Gasteiger partial charge in [0.2, 0.25) is 0 Å². The molecule has 2 aromatic carbocycles. The number of rotatable bonds is 7. The number of aromatic amines is 1. The molecule has 1 fully saturated rings. The molecule has 2 aliphatic heterocycles. The van der Waals surface area contributed by atoms with E-state index in [1.54, 1.807) is 28.3 Å². The molecule has 0 saturated carbocycles. The van der Waals surface area contributed by atoms with Crippen LogP contribution < -0.4 is 19.5 Å². The van der Waals surface area contributed by atoms with E-state index >= 15 is 0 Å². The molecule has 2 aromatic heterocycles. The van der Waals surface area contributed by atoms with Gasteiger partial charge in [0, 0.05) is 60.3 Å². The zero-order valence-corrected chi connectivity index (χ0v) is 25.3. The minimum atomic E-state index is -0.239. The molecule has 2 amide bonds. The lowest BCUT2D eigenvalue weighted by molar-refractivity contribution is 0.0494. The van der Waals surface area contributed by atoms with Crippen molar-refractivity contribution in [1.82, 2.24) is 19.9 Å². The van der Waals surface area contributed by atoms with Crippen LogP contribution in [0.5, 0.6) is 17.2 Å². The number of fused-ring (bicyclic) bond motifs is 4. The highest BCUT2D eigenvalue weighted by molar-refractivity contribution is 5.91. The van der Waals surface area contributed by atoms with Gasteiger partial charge in [0.1, 0.15) is 28.6 Å². The maximum Gasteiger partial charge on any atom is 0.321 e. The summed E-state index contributed by atoms with van der Waals surface area (Å²) < 4.78 is 21.8. The molecule has 0 aliphatic carbocycles. The predicted octanol–water partition coefficient (Wildman–Crippen LogP) is 4.91. The van der Waals surface area contributed by atoms with Crippen molar-refractivity contribution in [1.29, 1.82) is 0 Å². The van der Waals surface area contributed by atoms with Gasteiger partial charge in [0.05, 0.1) is 34.0 Å². The Morgan fingerprint density at radius 2 is 1.77 bits per heavy atom. The van der Waals surface area contributed by atoms with E-state index in [-0.39, 0.29) is 24.1 Å². The number of nitrogens with zero attached hydrogens (tertiary/aromatic N) is 3. The first kappa shape index (κ1) is 28.9. The number of aryl methyl sites for hydroxylation is 2. The number of amides is 2. The summed E-state index contributed by atoms with van der Waals surface area (Å²) >= 11 is 0. The number of piperidine rings is 1. The Morgan fingerprint density at radius 1 is 1.07 bits per heavy atom. The number of aliphatic hydroxyl groups excluding tert-OH is 1. The number of likely N-dealkylation sites (tertiary alicyclic amines) is 1. The Bertz CT molecular complexity index is 1590. The van der Waals surface area contributed by atoms with Gasteiger partial charge in [-0.15, -0.1) is 0 Å². The van der Waals surface area contributed by atoms with Gasteiger partial charge in [-0.1, -0.05) is 5.16 Å². The monoisotopic (exact) mass is 589 g/mol. The van der Waals surface area contributed by atoms with Crippen molar-refractivity contribution in [3.05, 3.63) is 64.7 Å². The molecule has 0 radical (unpaired) electrons.